The van der Waals surface area contributed by atoms with Crippen LogP contribution in [0.4, 0.5) is 0 Å². The Kier molecular flexibility index (Phi) is 4.58. The van der Waals surface area contributed by atoms with Gasteiger partial charge in [-0.15, -0.1) is 0 Å². The summed E-state index contributed by atoms with van der Waals surface area (Å²) in [7, 11) is 0. The summed E-state index contributed by atoms with van der Waals surface area (Å²) in [6.45, 7) is 4.19. The van der Waals surface area contributed by atoms with Crippen molar-refractivity contribution in [1.82, 2.24) is 0 Å². The summed E-state index contributed by atoms with van der Waals surface area (Å²) in [5.74, 6) is 0. The van der Waals surface area contributed by atoms with E-state index in [0.717, 1.165) is 13.0 Å². The summed E-state index contributed by atoms with van der Waals surface area (Å²) in [6, 6.07) is 0.133. The Hall–Kier alpha value is -0.120. The van der Waals surface area contributed by atoms with Crippen LogP contribution in [-0.4, -0.2) is 32.0 Å². The van der Waals surface area contributed by atoms with Crippen LogP contribution in [0.15, 0.2) is 0 Å². The molecule has 12 heavy (non-hydrogen) atoms. The van der Waals surface area contributed by atoms with Crippen molar-refractivity contribution < 1.29 is 9.47 Å². The molecule has 0 bridgehead atoms. The maximum atomic E-state index is 5.54. The zero-order valence-corrected chi connectivity index (χ0v) is 7.79. The normalized spacial score (nSPS) is 27.0. The molecule has 3 heteroatoms. The summed E-state index contributed by atoms with van der Waals surface area (Å²) in [5.41, 5.74) is 5.54. The molecule has 1 fully saturated rings. The van der Waals surface area contributed by atoms with Gasteiger partial charge in [0.2, 0.25) is 0 Å². The van der Waals surface area contributed by atoms with Gasteiger partial charge in [0.15, 0.2) is 0 Å². The summed E-state index contributed by atoms with van der Waals surface area (Å²) in [4.78, 5) is 0. The fourth-order valence-electron chi connectivity index (χ4n) is 1.32. The van der Waals surface area contributed by atoms with Crippen molar-refractivity contribution in [3.63, 3.8) is 0 Å². The maximum absolute atomic E-state index is 5.54. The van der Waals surface area contributed by atoms with Crippen LogP contribution in [0.1, 0.15) is 26.2 Å². The average Bonchev–Trinajstić information content (AvgIpc) is 2.05. The zero-order chi connectivity index (χ0) is 8.81. The van der Waals surface area contributed by atoms with Gasteiger partial charge < -0.3 is 15.2 Å². The predicted molar refractivity (Wildman–Crippen MR) is 48.1 cm³/mol. The first-order chi connectivity index (χ1) is 5.79. The summed E-state index contributed by atoms with van der Waals surface area (Å²) in [6.07, 6.45) is 3.92. The second-order valence-corrected chi connectivity index (χ2v) is 3.50. The van der Waals surface area contributed by atoms with E-state index in [-0.39, 0.29) is 6.04 Å². The molecule has 0 amide bonds. The van der Waals surface area contributed by atoms with Crippen molar-refractivity contribution in [3.8, 4) is 0 Å². The minimum Gasteiger partial charge on any atom is -0.377 e. The first kappa shape index (κ1) is 9.96. The third-order valence-corrected chi connectivity index (χ3v) is 1.96. The molecule has 1 heterocycles. The van der Waals surface area contributed by atoms with E-state index in [1.54, 1.807) is 0 Å². The van der Waals surface area contributed by atoms with Crippen LogP contribution in [-0.2, 0) is 9.47 Å². The van der Waals surface area contributed by atoms with E-state index >= 15 is 0 Å². The molecular formula is C9H19NO2. The molecule has 1 aliphatic rings. The summed E-state index contributed by atoms with van der Waals surface area (Å²) >= 11 is 0. The van der Waals surface area contributed by atoms with Gasteiger partial charge in [-0.25, -0.2) is 0 Å². The second kappa shape index (κ2) is 5.51. The van der Waals surface area contributed by atoms with E-state index in [0.29, 0.717) is 19.3 Å². The second-order valence-electron chi connectivity index (χ2n) is 3.50. The first-order valence-electron chi connectivity index (χ1n) is 4.74. The molecule has 0 radical (unpaired) electrons. The highest BCUT2D eigenvalue weighted by Gasteiger charge is 2.13. The van der Waals surface area contributed by atoms with Gasteiger partial charge in [-0.05, 0) is 26.2 Å². The van der Waals surface area contributed by atoms with Crippen LogP contribution >= 0.6 is 0 Å². The van der Waals surface area contributed by atoms with E-state index in [4.69, 9.17) is 15.2 Å². The minimum absolute atomic E-state index is 0.133. The number of nitrogens with two attached hydrogens (primary N) is 1. The molecular weight excluding hydrogens is 154 g/mol. The Morgan fingerprint density at radius 2 is 2.42 bits per heavy atom. The van der Waals surface area contributed by atoms with Crippen molar-refractivity contribution in [2.24, 2.45) is 5.73 Å². The van der Waals surface area contributed by atoms with Gasteiger partial charge in [-0.1, -0.05) is 0 Å². The van der Waals surface area contributed by atoms with E-state index < -0.39 is 0 Å². The van der Waals surface area contributed by atoms with Gasteiger partial charge in [-0.2, -0.15) is 0 Å². The highest BCUT2D eigenvalue weighted by atomic mass is 16.5. The molecule has 1 saturated heterocycles. The van der Waals surface area contributed by atoms with Crippen LogP contribution in [0.5, 0.6) is 0 Å². The summed E-state index contributed by atoms with van der Waals surface area (Å²) < 4.78 is 10.9. The smallest absolute Gasteiger partial charge is 0.0808 e. The molecule has 2 unspecified atom stereocenters. The van der Waals surface area contributed by atoms with Gasteiger partial charge >= 0.3 is 0 Å². The standard InChI is InChI=1S/C9H19NO2/c1-8(10)6-11-7-9-4-2-3-5-12-9/h8-9H,2-7,10H2,1H3. The van der Waals surface area contributed by atoms with Crippen LogP contribution in [0, 0.1) is 0 Å². The molecule has 1 aliphatic heterocycles. The van der Waals surface area contributed by atoms with Crippen LogP contribution in [0.25, 0.3) is 0 Å². The number of rotatable bonds is 4. The van der Waals surface area contributed by atoms with Crippen molar-refractivity contribution in [3.05, 3.63) is 0 Å². The zero-order valence-electron chi connectivity index (χ0n) is 7.79. The van der Waals surface area contributed by atoms with Gasteiger partial charge in [0.25, 0.3) is 0 Å². The van der Waals surface area contributed by atoms with E-state index in [1.165, 1.54) is 12.8 Å². The quantitative estimate of drug-likeness (QED) is 0.687. The molecule has 2 atom stereocenters. The highest BCUT2D eigenvalue weighted by Crippen LogP contribution is 2.12. The van der Waals surface area contributed by atoms with Gasteiger partial charge in [-0.3, -0.25) is 0 Å². The molecule has 0 aromatic carbocycles. The lowest BCUT2D eigenvalue weighted by molar-refractivity contribution is -0.0420. The lowest BCUT2D eigenvalue weighted by Crippen LogP contribution is -2.28. The molecule has 3 nitrogen and oxygen atoms in total. The van der Waals surface area contributed by atoms with Crippen LogP contribution < -0.4 is 5.73 Å². The number of hydrogen-bond donors (Lipinski definition) is 1. The Balaban J connectivity index is 1.98. The maximum Gasteiger partial charge on any atom is 0.0808 e. The summed E-state index contributed by atoms with van der Waals surface area (Å²) in [5, 5.41) is 0. The minimum atomic E-state index is 0.133. The third-order valence-electron chi connectivity index (χ3n) is 1.96. The Morgan fingerprint density at radius 3 is 3.00 bits per heavy atom. The van der Waals surface area contributed by atoms with Crippen molar-refractivity contribution in [2.75, 3.05) is 19.8 Å². The molecule has 0 spiro atoms. The Bertz CT molecular complexity index is 111. The molecule has 72 valence electrons. The lowest BCUT2D eigenvalue weighted by atomic mass is 10.1. The SMILES string of the molecule is CC(N)COCC1CCCCO1. The van der Waals surface area contributed by atoms with Crippen LogP contribution in [0.3, 0.4) is 0 Å². The average molecular weight is 173 g/mol. The third kappa shape index (κ3) is 4.04. The highest BCUT2D eigenvalue weighted by molar-refractivity contribution is 4.62. The largest absolute Gasteiger partial charge is 0.377 e. The molecule has 0 aliphatic carbocycles. The fraction of sp³-hybridized carbons (Fsp3) is 1.00. The molecule has 0 aromatic heterocycles. The lowest BCUT2D eigenvalue weighted by Gasteiger charge is -2.22. The molecule has 1 rings (SSSR count). The molecule has 0 aromatic rings. The van der Waals surface area contributed by atoms with Crippen molar-refractivity contribution >= 4 is 0 Å². The number of ether oxygens (including phenoxy) is 2. The predicted octanol–water partition coefficient (Wildman–Crippen LogP) is 0.919. The van der Waals surface area contributed by atoms with Gasteiger partial charge in [0, 0.05) is 12.6 Å². The number of hydrogen-bond acceptors (Lipinski definition) is 3. The van der Waals surface area contributed by atoms with E-state index in [2.05, 4.69) is 0 Å². The Morgan fingerprint density at radius 1 is 1.58 bits per heavy atom. The van der Waals surface area contributed by atoms with Crippen molar-refractivity contribution in [2.45, 2.75) is 38.3 Å². The van der Waals surface area contributed by atoms with Crippen molar-refractivity contribution in [1.29, 1.82) is 0 Å². The fourth-order valence-corrected chi connectivity index (χ4v) is 1.32. The first-order valence-corrected chi connectivity index (χ1v) is 4.74. The monoisotopic (exact) mass is 173 g/mol. The molecule has 2 N–H and O–H groups in total. The molecule has 0 saturated carbocycles. The topological polar surface area (TPSA) is 44.5 Å². The van der Waals surface area contributed by atoms with Gasteiger partial charge in [0.05, 0.1) is 19.3 Å². The van der Waals surface area contributed by atoms with Crippen LogP contribution in [0.2, 0.25) is 0 Å². The van der Waals surface area contributed by atoms with E-state index in [1.807, 2.05) is 6.92 Å². The van der Waals surface area contributed by atoms with Gasteiger partial charge in [0.1, 0.15) is 0 Å². The van der Waals surface area contributed by atoms with E-state index in [9.17, 15) is 0 Å². The Labute approximate surface area is 74.2 Å².